The Labute approximate surface area is 146 Å². The molecule has 0 radical (unpaired) electrons. The van der Waals surface area contributed by atoms with E-state index in [0.29, 0.717) is 12.5 Å². The van der Waals surface area contributed by atoms with E-state index >= 15 is 0 Å². The zero-order valence-corrected chi connectivity index (χ0v) is 15.5. The molecule has 4 nitrogen and oxygen atoms in total. The zero-order chi connectivity index (χ0) is 17.5. The van der Waals surface area contributed by atoms with Gasteiger partial charge in [-0.15, -0.1) is 0 Å². The van der Waals surface area contributed by atoms with Gasteiger partial charge >= 0.3 is 0 Å². The van der Waals surface area contributed by atoms with Crippen molar-refractivity contribution in [2.75, 3.05) is 26.2 Å². The number of amides is 1. The summed E-state index contributed by atoms with van der Waals surface area (Å²) in [5.74, 6) is 1.93. The molecule has 4 heteroatoms. The fourth-order valence-electron chi connectivity index (χ4n) is 3.18. The van der Waals surface area contributed by atoms with E-state index in [1.165, 1.54) is 18.4 Å². The highest BCUT2D eigenvalue weighted by Crippen LogP contribution is 2.21. The molecule has 1 aromatic rings. The summed E-state index contributed by atoms with van der Waals surface area (Å²) < 4.78 is 5.80. The highest BCUT2D eigenvalue weighted by molar-refractivity contribution is 5.80. The van der Waals surface area contributed by atoms with Gasteiger partial charge in [-0.25, -0.2) is 0 Å². The predicted octanol–water partition coefficient (Wildman–Crippen LogP) is 3.43. The van der Waals surface area contributed by atoms with E-state index in [2.05, 4.69) is 37.1 Å². The molecule has 0 spiro atoms. The second-order valence-electron chi connectivity index (χ2n) is 7.33. The van der Waals surface area contributed by atoms with Crippen molar-refractivity contribution in [1.29, 1.82) is 0 Å². The van der Waals surface area contributed by atoms with Gasteiger partial charge in [-0.2, -0.15) is 0 Å². The number of hydrogen-bond acceptors (Lipinski definition) is 3. The third-order valence-corrected chi connectivity index (χ3v) is 4.68. The molecule has 1 aliphatic rings. The summed E-state index contributed by atoms with van der Waals surface area (Å²) in [6.07, 6.45) is 2.11. The lowest BCUT2D eigenvalue weighted by molar-refractivity contribution is -0.127. The van der Waals surface area contributed by atoms with Crippen molar-refractivity contribution in [3.63, 3.8) is 0 Å². The van der Waals surface area contributed by atoms with Crippen LogP contribution in [-0.4, -0.2) is 43.1 Å². The van der Waals surface area contributed by atoms with Crippen molar-refractivity contribution in [2.45, 2.75) is 52.6 Å². The number of likely N-dealkylation sites (tertiary alicyclic amines) is 1. The van der Waals surface area contributed by atoms with Crippen molar-refractivity contribution in [3.8, 4) is 5.75 Å². The molecule has 1 fully saturated rings. The van der Waals surface area contributed by atoms with Gasteiger partial charge in [0.1, 0.15) is 5.75 Å². The van der Waals surface area contributed by atoms with Gasteiger partial charge in [0.05, 0.1) is 0 Å². The Balaban J connectivity index is 1.74. The molecule has 1 heterocycles. The highest BCUT2D eigenvalue weighted by Gasteiger charge is 2.18. The van der Waals surface area contributed by atoms with Crippen LogP contribution >= 0.6 is 0 Å². The Kier molecular flexibility index (Phi) is 7.10. The third-order valence-electron chi connectivity index (χ3n) is 4.68. The maximum absolute atomic E-state index is 12.2. The van der Waals surface area contributed by atoms with Crippen LogP contribution in [0.2, 0.25) is 0 Å². The number of carbonyl (C=O) groups excluding carboxylic acids is 1. The normalized spacial score (nSPS) is 20.0. The predicted molar refractivity (Wildman–Crippen MR) is 98.5 cm³/mol. The van der Waals surface area contributed by atoms with Crippen LogP contribution in [0.4, 0.5) is 0 Å². The molecule has 1 aliphatic heterocycles. The fourth-order valence-corrected chi connectivity index (χ4v) is 3.18. The third kappa shape index (κ3) is 5.82. The quantitative estimate of drug-likeness (QED) is 0.832. The van der Waals surface area contributed by atoms with Gasteiger partial charge < -0.3 is 15.0 Å². The number of ether oxygens (including phenoxy) is 1. The van der Waals surface area contributed by atoms with Crippen LogP contribution in [0.5, 0.6) is 5.75 Å². The number of carbonyl (C=O) groups is 1. The number of piperidine rings is 1. The topological polar surface area (TPSA) is 41.6 Å². The van der Waals surface area contributed by atoms with Gasteiger partial charge in [0, 0.05) is 19.6 Å². The van der Waals surface area contributed by atoms with Crippen molar-refractivity contribution in [3.05, 3.63) is 29.8 Å². The molecular weight excluding hydrogens is 300 g/mol. The molecule has 0 saturated carbocycles. The number of nitrogens with zero attached hydrogens (tertiary/aromatic N) is 1. The Bertz CT molecular complexity index is 530. The molecule has 1 N–H and O–H groups in total. The van der Waals surface area contributed by atoms with E-state index in [4.69, 9.17) is 4.74 Å². The van der Waals surface area contributed by atoms with Crippen LogP contribution in [-0.2, 0) is 4.79 Å². The van der Waals surface area contributed by atoms with E-state index in [9.17, 15) is 4.79 Å². The highest BCUT2D eigenvalue weighted by atomic mass is 16.5. The molecule has 1 saturated heterocycles. The largest absolute Gasteiger partial charge is 0.481 e. The van der Waals surface area contributed by atoms with Crippen molar-refractivity contribution >= 4 is 5.91 Å². The summed E-state index contributed by atoms with van der Waals surface area (Å²) in [6, 6.07) is 7.99. The van der Waals surface area contributed by atoms with Gasteiger partial charge in [-0.05, 0) is 55.8 Å². The first kappa shape index (κ1) is 18.8. The fraction of sp³-hybridized carbons (Fsp3) is 0.650. The van der Waals surface area contributed by atoms with E-state index in [1.807, 2.05) is 18.2 Å². The molecule has 24 heavy (non-hydrogen) atoms. The average molecular weight is 332 g/mol. The molecule has 2 unspecified atom stereocenters. The molecule has 0 aromatic heterocycles. The molecule has 1 aromatic carbocycles. The zero-order valence-electron chi connectivity index (χ0n) is 15.5. The molecule has 2 rings (SSSR count). The Morgan fingerprint density at radius 2 is 2.17 bits per heavy atom. The molecular formula is C20H32N2O2. The maximum Gasteiger partial charge on any atom is 0.260 e. The van der Waals surface area contributed by atoms with Gasteiger partial charge in [0.15, 0.2) is 6.10 Å². The van der Waals surface area contributed by atoms with Crippen molar-refractivity contribution < 1.29 is 9.53 Å². The summed E-state index contributed by atoms with van der Waals surface area (Å²) in [7, 11) is 0. The number of rotatable bonds is 7. The Morgan fingerprint density at radius 3 is 2.88 bits per heavy atom. The van der Waals surface area contributed by atoms with Crippen molar-refractivity contribution in [2.24, 2.45) is 5.92 Å². The SMILES string of the molecule is CC1CCCN(CCNC(=O)C(C)Oc2cccc(C(C)C)c2)C1. The monoisotopic (exact) mass is 332 g/mol. The molecule has 134 valence electrons. The Hall–Kier alpha value is -1.55. The number of nitrogens with one attached hydrogen (secondary N) is 1. The van der Waals surface area contributed by atoms with E-state index in [-0.39, 0.29) is 5.91 Å². The van der Waals surface area contributed by atoms with Crippen molar-refractivity contribution in [1.82, 2.24) is 10.2 Å². The smallest absolute Gasteiger partial charge is 0.260 e. The summed E-state index contributed by atoms with van der Waals surface area (Å²) in [4.78, 5) is 14.7. The molecule has 0 bridgehead atoms. The first-order chi connectivity index (χ1) is 11.5. The van der Waals surface area contributed by atoms with Crippen LogP contribution in [0.25, 0.3) is 0 Å². The summed E-state index contributed by atoms with van der Waals surface area (Å²) >= 11 is 0. The first-order valence-electron chi connectivity index (χ1n) is 9.22. The lowest BCUT2D eigenvalue weighted by Gasteiger charge is -2.30. The second-order valence-corrected chi connectivity index (χ2v) is 7.33. The van der Waals surface area contributed by atoms with Gasteiger partial charge in [0.25, 0.3) is 5.91 Å². The minimum Gasteiger partial charge on any atom is -0.481 e. The van der Waals surface area contributed by atoms with Gasteiger partial charge in [-0.1, -0.05) is 32.9 Å². The van der Waals surface area contributed by atoms with Crippen LogP contribution in [0.1, 0.15) is 52.0 Å². The molecule has 2 atom stereocenters. The summed E-state index contributed by atoms with van der Waals surface area (Å²) in [5, 5.41) is 3.00. The Morgan fingerprint density at radius 1 is 1.38 bits per heavy atom. The summed E-state index contributed by atoms with van der Waals surface area (Å²) in [6.45, 7) is 12.3. The maximum atomic E-state index is 12.2. The minimum atomic E-state index is -0.479. The standard InChI is InChI=1S/C20H32N2O2/c1-15(2)18-8-5-9-19(13-18)24-17(4)20(23)21-10-12-22-11-6-7-16(3)14-22/h5,8-9,13,15-17H,6-7,10-12,14H2,1-4H3,(H,21,23). The van der Waals surface area contributed by atoms with E-state index in [0.717, 1.165) is 31.3 Å². The van der Waals surface area contributed by atoms with E-state index < -0.39 is 6.10 Å². The average Bonchev–Trinajstić information content (AvgIpc) is 2.55. The lowest BCUT2D eigenvalue weighted by atomic mass is 10.0. The van der Waals surface area contributed by atoms with Crippen LogP contribution < -0.4 is 10.1 Å². The van der Waals surface area contributed by atoms with Crippen LogP contribution in [0.15, 0.2) is 24.3 Å². The minimum absolute atomic E-state index is 0.0463. The molecule has 0 aliphatic carbocycles. The summed E-state index contributed by atoms with van der Waals surface area (Å²) in [5.41, 5.74) is 1.22. The van der Waals surface area contributed by atoms with Gasteiger partial charge in [-0.3, -0.25) is 4.79 Å². The van der Waals surface area contributed by atoms with Crippen LogP contribution in [0.3, 0.4) is 0 Å². The molecule has 1 amide bonds. The lowest BCUT2D eigenvalue weighted by Crippen LogP contribution is -2.43. The van der Waals surface area contributed by atoms with E-state index in [1.54, 1.807) is 6.92 Å². The number of benzene rings is 1. The first-order valence-corrected chi connectivity index (χ1v) is 9.22. The van der Waals surface area contributed by atoms with Gasteiger partial charge in [0.2, 0.25) is 0 Å². The second kappa shape index (κ2) is 9.07. The number of hydrogen-bond donors (Lipinski definition) is 1. The van der Waals surface area contributed by atoms with Crippen LogP contribution in [0, 0.1) is 5.92 Å².